The molecule has 0 spiro atoms. The van der Waals surface area contributed by atoms with E-state index in [-0.39, 0.29) is 15.9 Å². The van der Waals surface area contributed by atoms with Crippen LogP contribution in [0.2, 0.25) is 0 Å². The van der Waals surface area contributed by atoms with E-state index in [9.17, 15) is 13.2 Å². The monoisotopic (exact) mass is 469 g/mol. The minimum Gasteiger partial charge on any atom is -0.497 e. The van der Waals surface area contributed by atoms with Crippen molar-refractivity contribution in [2.45, 2.75) is 18.7 Å². The Morgan fingerprint density at radius 1 is 0.938 bits per heavy atom. The van der Waals surface area contributed by atoms with Gasteiger partial charge in [-0.1, -0.05) is 17.7 Å². The molecule has 0 heterocycles. The first kappa shape index (κ1) is 23.2. The van der Waals surface area contributed by atoms with Crippen molar-refractivity contribution in [1.29, 1.82) is 0 Å². The molecule has 0 fully saturated rings. The highest BCUT2D eigenvalue weighted by molar-refractivity contribution is 7.92. The number of ether oxygens (including phenoxy) is 1. The Labute approximate surface area is 192 Å². The van der Waals surface area contributed by atoms with Gasteiger partial charge >= 0.3 is 0 Å². The van der Waals surface area contributed by atoms with Gasteiger partial charge in [-0.2, -0.15) is 0 Å². The van der Waals surface area contributed by atoms with E-state index in [1.807, 2.05) is 19.1 Å². The molecule has 0 atom stereocenters. The molecule has 0 unspecified atom stereocenters. The number of sulfonamides is 1. The topological polar surface area (TPSA) is 96.5 Å². The summed E-state index contributed by atoms with van der Waals surface area (Å²) in [6.07, 6.45) is 0. The second kappa shape index (κ2) is 9.80. The molecule has 7 nitrogen and oxygen atoms in total. The Morgan fingerprint density at radius 3 is 2.19 bits per heavy atom. The van der Waals surface area contributed by atoms with E-state index in [0.717, 1.165) is 11.1 Å². The highest BCUT2D eigenvalue weighted by atomic mass is 32.2. The number of hydrogen-bond acceptors (Lipinski definition) is 5. The molecular formula is C23H23N3O4S2. The standard InChI is InChI=1S/C23H23N3O4S2/c1-15-4-6-17(7-5-15)22(27)25-23(31)24-18-8-11-20(12-9-18)32(28,29)26-21-13-10-19(30-3)14-16(21)2/h4-14,26H,1-3H3,(H2,24,25,27,31). The number of nitrogens with one attached hydrogen (secondary N) is 3. The van der Waals surface area contributed by atoms with Gasteiger partial charge in [0.1, 0.15) is 5.75 Å². The third kappa shape index (κ3) is 5.83. The van der Waals surface area contributed by atoms with Crippen molar-refractivity contribution in [2.24, 2.45) is 0 Å². The average molecular weight is 470 g/mol. The van der Waals surface area contributed by atoms with Crippen LogP contribution in [0, 0.1) is 13.8 Å². The smallest absolute Gasteiger partial charge is 0.261 e. The Bertz CT molecular complexity index is 1240. The SMILES string of the molecule is COc1ccc(NS(=O)(=O)c2ccc(NC(=S)NC(=O)c3ccc(C)cc3)cc2)c(C)c1. The molecule has 0 aliphatic carbocycles. The molecule has 3 aromatic carbocycles. The highest BCUT2D eigenvalue weighted by Crippen LogP contribution is 2.24. The first-order valence-electron chi connectivity index (χ1n) is 9.64. The van der Waals surface area contributed by atoms with Gasteiger partial charge in [-0.3, -0.25) is 14.8 Å². The van der Waals surface area contributed by atoms with Crippen molar-refractivity contribution >= 4 is 44.6 Å². The highest BCUT2D eigenvalue weighted by Gasteiger charge is 2.16. The van der Waals surface area contributed by atoms with Gasteiger partial charge in [-0.15, -0.1) is 0 Å². The van der Waals surface area contributed by atoms with Crippen LogP contribution in [0.3, 0.4) is 0 Å². The average Bonchev–Trinajstić information content (AvgIpc) is 2.75. The van der Waals surface area contributed by atoms with E-state index in [0.29, 0.717) is 22.7 Å². The lowest BCUT2D eigenvalue weighted by Gasteiger charge is -2.13. The summed E-state index contributed by atoms with van der Waals surface area (Å²) in [5.41, 5.74) is 3.28. The minimum absolute atomic E-state index is 0.0906. The molecule has 9 heteroatoms. The third-order valence-electron chi connectivity index (χ3n) is 4.64. The maximum absolute atomic E-state index is 12.7. The molecule has 3 rings (SSSR count). The number of carbonyl (C=O) groups excluding carboxylic acids is 1. The number of amides is 1. The van der Waals surface area contributed by atoms with E-state index < -0.39 is 10.0 Å². The van der Waals surface area contributed by atoms with Gasteiger partial charge < -0.3 is 10.1 Å². The predicted octanol–water partition coefficient (Wildman–Crippen LogP) is 4.24. The molecule has 1 amide bonds. The maximum Gasteiger partial charge on any atom is 0.261 e. The van der Waals surface area contributed by atoms with Gasteiger partial charge in [0.25, 0.3) is 15.9 Å². The van der Waals surface area contributed by atoms with Crippen LogP contribution in [0.15, 0.2) is 71.6 Å². The normalized spacial score (nSPS) is 10.8. The number of hydrogen-bond donors (Lipinski definition) is 3. The summed E-state index contributed by atoms with van der Waals surface area (Å²) < 4.78 is 33.2. The van der Waals surface area contributed by atoms with Crippen molar-refractivity contribution in [2.75, 3.05) is 17.1 Å². The second-order valence-electron chi connectivity index (χ2n) is 7.09. The third-order valence-corrected chi connectivity index (χ3v) is 6.23. The number of methoxy groups -OCH3 is 1. The number of anilines is 2. The predicted molar refractivity (Wildman–Crippen MR) is 130 cm³/mol. The zero-order valence-electron chi connectivity index (χ0n) is 17.8. The number of thiocarbonyl (C=S) groups is 1. The Balaban J connectivity index is 1.64. The molecular weight excluding hydrogens is 446 g/mol. The van der Waals surface area contributed by atoms with Crippen molar-refractivity contribution in [3.8, 4) is 5.75 Å². The molecule has 0 aliphatic heterocycles. The fraction of sp³-hybridized carbons (Fsp3) is 0.130. The summed E-state index contributed by atoms with van der Waals surface area (Å²) >= 11 is 5.18. The van der Waals surface area contributed by atoms with Crippen LogP contribution in [0.4, 0.5) is 11.4 Å². The van der Waals surface area contributed by atoms with Crippen LogP contribution in [0.25, 0.3) is 0 Å². The van der Waals surface area contributed by atoms with Crippen LogP contribution in [-0.4, -0.2) is 26.5 Å². The van der Waals surface area contributed by atoms with Crippen molar-refractivity contribution in [3.05, 3.63) is 83.4 Å². The molecule has 0 saturated carbocycles. The Hall–Kier alpha value is -3.43. The van der Waals surface area contributed by atoms with Gasteiger partial charge in [-0.05, 0) is 86.2 Å². The summed E-state index contributed by atoms with van der Waals surface area (Å²) in [5, 5.41) is 5.58. The lowest BCUT2D eigenvalue weighted by atomic mass is 10.1. The van der Waals surface area contributed by atoms with Crippen LogP contribution < -0.4 is 20.1 Å². The van der Waals surface area contributed by atoms with Gasteiger partial charge in [0.05, 0.1) is 17.7 Å². The van der Waals surface area contributed by atoms with Gasteiger partial charge in [-0.25, -0.2) is 8.42 Å². The Morgan fingerprint density at radius 2 is 1.59 bits per heavy atom. The van der Waals surface area contributed by atoms with Gasteiger partial charge in [0, 0.05) is 11.3 Å². The summed E-state index contributed by atoms with van der Waals surface area (Å²) in [6.45, 7) is 3.73. The van der Waals surface area contributed by atoms with E-state index in [1.165, 1.54) is 12.1 Å². The lowest BCUT2D eigenvalue weighted by molar-refractivity contribution is 0.0977. The molecule has 166 valence electrons. The molecule has 0 bridgehead atoms. The number of carbonyl (C=O) groups is 1. The van der Waals surface area contributed by atoms with E-state index >= 15 is 0 Å². The zero-order chi connectivity index (χ0) is 23.3. The van der Waals surface area contributed by atoms with Crippen LogP contribution in [-0.2, 0) is 10.0 Å². The molecule has 0 aromatic heterocycles. The van der Waals surface area contributed by atoms with Crippen molar-refractivity contribution < 1.29 is 17.9 Å². The van der Waals surface area contributed by atoms with Gasteiger partial charge in [0.15, 0.2) is 5.11 Å². The number of aryl methyl sites for hydroxylation is 2. The van der Waals surface area contributed by atoms with E-state index in [2.05, 4.69) is 15.4 Å². The maximum atomic E-state index is 12.7. The fourth-order valence-corrected chi connectivity index (χ4v) is 4.18. The largest absolute Gasteiger partial charge is 0.497 e. The molecule has 32 heavy (non-hydrogen) atoms. The first-order chi connectivity index (χ1) is 15.2. The Kier molecular flexibility index (Phi) is 7.12. The second-order valence-corrected chi connectivity index (χ2v) is 9.18. The van der Waals surface area contributed by atoms with E-state index in [1.54, 1.807) is 56.5 Å². The molecule has 0 radical (unpaired) electrons. The van der Waals surface area contributed by atoms with Crippen LogP contribution in [0.5, 0.6) is 5.75 Å². The summed E-state index contributed by atoms with van der Waals surface area (Å²) in [7, 11) is -2.23. The quantitative estimate of drug-likeness (QED) is 0.468. The first-order valence-corrected chi connectivity index (χ1v) is 11.5. The lowest BCUT2D eigenvalue weighted by Crippen LogP contribution is -2.34. The summed E-state index contributed by atoms with van der Waals surface area (Å²) in [4.78, 5) is 12.3. The number of benzene rings is 3. The summed E-state index contributed by atoms with van der Waals surface area (Å²) in [6, 6.07) is 18.2. The molecule has 3 aromatic rings. The number of rotatable bonds is 6. The van der Waals surface area contributed by atoms with Gasteiger partial charge in [0.2, 0.25) is 0 Å². The minimum atomic E-state index is -3.78. The van der Waals surface area contributed by atoms with Crippen LogP contribution >= 0.6 is 12.2 Å². The van der Waals surface area contributed by atoms with E-state index in [4.69, 9.17) is 17.0 Å². The zero-order valence-corrected chi connectivity index (χ0v) is 19.4. The van der Waals surface area contributed by atoms with Crippen LogP contribution in [0.1, 0.15) is 21.5 Å². The molecule has 0 aliphatic rings. The van der Waals surface area contributed by atoms with Crippen molar-refractivity contribution in [1.82, 2.24) is 5.32 Å². The van der Waals surface area contributed by atoms with Crippen molar-refractivity contribution in [3.63, 3.8) is 0 Å². The summed E-state index contributed by atoms with van der Waals surface area (Å²) in [5.74, 6) is 0.312. The molecule has 3 N–H and O–H groups in total. The molecule has 0 saturated heterocycles. The fourth-order valence-electron chi connectivity index (χ4n) is 2.84.